The number of carbonyl (C=O) groups is 1. The summed E-state index contributed by atoms with van der Waals surface area (Å²) >= 11 is 0. The van der Waals surface area contributed by atoms with Crippen LogP contribution in [0.25, 0.3) is 0 Å². The highest BCUT2D eigenvalue weighted by Gasteiger charge is 2.34. The highest BCUT2D eigenvalue weighted by Crippen LogP contribution is 2.20. The van der Waals surface area contributed by atoms with Crippen molar-refractivity contribution in [3.63, 3.8) is 0 Å². The van der Waals surface area contributed by atoms with Crippen molar-refractivity contribution in [2.24, 2.45) is 5.92 Å². The van der Waals surface area contributed by atoms with Crippen LogP contribution in [0.15, 0.2) is 0 Å². The molecule has 2 saturated heterocycles. The van der Waals surface area contributed by atoms with Gasteiger partial charge in [0.1, 0.15) is 0 Å². The smallest absolute Gasteiger partial charge is 0.224 e. The van der Waals surface area contributed by atoms with Crippen LogP contribution in [-0.4, -0.2) is 63.9 Å². The second kappa shape index (κ2) is 5.61. The maximum atomic E-state index is 12.1. The summed E-state index contributed by atoms with van der Waals surface area (Å²) in [5, 5.41) is 2.74. The second-order valence-corrected chi connectivity index (χ2v) is 9.78. The molecular weight excluding hydrogens is 304 g/mol. The van der Waals surface area contributed by atoms with Crippen molar-refractivity contribution >= 4 is 25.8 Å². The molecule has 20 heavy (non-hydrogen) atoms. The van der Waals surface area contributed by atoms with E-state index in [9.17, 15) is 21.6 Å². The summed E-state index contributed by atoms with van der Waals surface area (Å²) < 4.78 is 47.0. The lowest BCUT2D eigenvalue weighted by Crippen LogP contribution is -2.47. The minimum absolute atomic E-state index is 0.0126. The molecule has 0 saturated carbocycles. The lowest BCUT2D eigenvalue weighted by Gasteiger charge is -2.30. The first-order valence-electron chi connectivity index (χ1n) is 6.63. The van der Waals surface area contributed by atoms with Gasteiger partial charge in [-0.3, -0.25) is 4.79 Å². The number of nitrogens with one attached hydrogen (secondary N) is 1. The Morgan fingerprint density at radius 3 is 2.55 bits per heavy atom. The van der Waals surface area contributed by atoms with Crippen molar-refractivity contribution in [1.82, 2.24) is 9.62 Å². The van der Waals surface area contributed by atoms with Crippen LogP contribution in [0.5, 0.6) is 0 Å². The Morgan fingerprint density at radius 1 is 1.30 bits per heavy atom. The van der Waals surface area contributed by atoms with Crippen LogP contribution in [-0.2, 0) is 24.7 Å². The molecule has 2 fully saturated rings. The van der Waals surface area contributed by atoms with Gasteiger partial charge in [0.15, 0.2) is 9.84 Å². The number of nitrogens with zero attached hydrogens (tertiary/aromatic N) is 1. The van der Waals surface area contributed by atoms with E-state index in [0.717, 1.165) is 6.26 Å². The third-order valence-corrected chi connectivity index (χ3v) is 6.84. The van der Waals surface area contributed by atoms with Gasteiger partial charge in [-0.1, -0.05) is 0 Å². The molecule has 2 atom stereocenters. The third kappa shape index (κ3) is 3.92. The molecule has 0 bridgehead atoms. The summed E-state index contributed by atoms with van der Waals surface area (Å²) in [5.74, 6) is -0.526. The van der Waals surface area contributed by atoms with Crippen LogP contribution in [0.4, 0.5) is 0 Å². The molecule has 9 heteroatoms. The van der Waals surface area contributed by atoms with E-state index in [4.69, 9.17) is 0 Å². The molecule has 0 aromatic carbocycles. The van der Waals surface area contributed by atoms with E-state index in [-0.39, 0.29) is 35.9 Å². The van der Waals surface area contributed by atoms with Crippen LogP contribution in [0, 0.1) is 5.92 Å². The number of hydrogen-bond acceptors (Lipinski definition) is 5. The molecule has 2 heterocycles. The lowest BCUT2D eigenvalue weighted by atomic mass is 9.98. The predicted octanol–water partition coefficient (Wildman–Crippen LogP) is -1.04. The second-order valence-electron chi connectivity index (χ2n) is 5.57. The highest BCUT2D eigenvalue weighted by atomic mass is 32.2. The molecule has 2 aliphatic rings. The summed E-state index contributed by atoms with van der Waals surface area (Å²) in [6.07, 6.45) is 2.86. The van der Waals surface area contributed by atoms with Crippen molar-refractivity contribution in [2.45, 2.75) is 25.3 Å². The fourth-order valence-electron chi connectivity index (χ4n) is 2.69. The molecule has 116 valence electrons. The minimum atomic E-state index is -3.28. The van der Waals surface area contributed by atoms with E-state index in [2.05, 4.69) is 5.32 Å². The van der Waals surface area contributed by atoms with Crippen LogP contribution in [0.2, 0.25) is 0 Å². The van der Waals surface area contributed by atoms with Crippen LogP contribution >= 0.6 is 0 Å². The lowest BCUT2D eigenvalue weighted by molar-refractivity contribution is -0.126. The number of carbonyl (C=O) groups excluding carboxylic acids is 1. The number of sulfonamides is 1. The first kappa shape index (κ1) is 15.7. The Bertz CT molecular complexity index is 584. The molecule has 0 aromatic rings. The molecule has 1 amide bonds. The van der Waals surface area contributed by atoms with E-state index in [1.807, 2.05) is 0 Å². The number of sulfone groups is 1. The zero-order valence-electron chi connectivity index (χ0n) is 11.4. The Morgan fingerprint density at radius 2 is 2.00 bits per heavy atom. The summed E-state index contributed by atoms with van der Waals surface area (Å²) in [5.41, 5.74) is 0. The predicted molar refractivity (Wildman–Crippen MR) is 74.3 cm³/mol. The Labute approximate surface area is 119 Å². The standard InChI is InChI=1S/C11H20N2O5S2/c1-19(15,16)13-5-2-3-9(7-13)11(14)12-10-4-6-20(17,18)8-10/h9-10H,2-8H2,1H3,(H,12,14). The van der Waals surface area contributed by atoms with Gasteiger partial charge in [-0.25, -0.2) is 21.1 Å². The molecule has 0 radical (unpaired) electrons. The Balaban J connectivity index is 1.93. The number of amides is 1. The van der Waals surface area contributed by atoms with Crippen molar-refractivity contribution in [3.8, 4) is 0 Å². The molecule has 0 spiro atoms. The molecule has 7 nitrogen and oxygen atoms in total. The van der Waals surface area contributed by atoms with Gasteiger partial charge in [-0.15, -0.1) is 0 Å². The van der Waals surface area contributed by atoms with Gasteiger partial charge < -0.3 is 5.32 Å². The Hall–Kier alpha value is -0.670. The van der Waals surface area contributed by atoms with E-state index in [0.29, 0.717) is 25.8 Å². The molecule has 2 rings (SSSR count). The summed E-state index contributed by atoms with van der Waals surface area (Å²) in [4.78, 5) is 12.1. The quantitative estimate of drug-likeness (QED) is 0.715. The maximum absolute atomic E-state index is 12.1. The molecular formula is C11H20N2O5S2. The topological polar surface area (TPSA) is 101 Å². The molecule has 1 N–H and O–H groups in total. The van der Waals surface area contributed by atoms with Crippen LogP contribution < -0.4 is 5.32 Å². The zero-order valence-corrected chi connectivity index (χ0v) is 13.0. The number of piperidine rings is 1. The summed E-state index contributed by atoms with van der Waals surface area (Å²) in [6.45, 7) is 0.630. The van der Waals surface area contributed by atoms with Gasteiger partial charge >= 0.3 is 0 Å². The minimum Gasteiger partial charge on any atom is -0.352 e. The van der Waals surface area contributed by atoms with E-state index < -0.39 is 19.9 Å². The van der Waals surface area contributed by atoms with Gasteiger partial charge in [0.2, 0.25) is 15.9 Å². The van der Waals surface area contributed by atoms with Crippen LogP contribution in [0.1, 0.15) is 19.3 Å². The van der Waals surface area contributed by atoms with Crippen molar-refractivity contribution < 1.29 is 21.6 Å². The zero-order chi connectivity index (χ0) is 15.0. The maximum Gasteiger partial charge on any atom is 0.224 e. The molecule has 2 unspecified atom stereocenters. The summed E-state index contributed by atoms with van der Waals surface area (Å²) in [7, 11) is -6.31. The van der Waals surface area contributed by atoms with Gasteiger partial charge in [-0.05, 0) is 19.3 Å². The largest absolute Gasteiger partial charge is 0.352 e. The normalized spacial score (nSPS) is 31.1. The van der Waals surface area contributed by atoms with Crippen molar-refractivity contribution in [2.75, 3.05) is 30.9 Å². The highest BCUT2D eigenvalue weighted by molar-refractivity contribution is 7.91. The van der Waals surface area contributed by atoms with Gasteiger partial charge in [0.05, 0.1) is 23.7 Å². The molecule has 2 aliphatic heterocycles. The third-order valence-electron chi connectivity index (χ3n) is 3.80. The fraction of sp³-hybridized carbons (Fsp3) is 0.909. The average molecular weight is 324 g/mol. The van der Waals surface area contributed by atoms with E-state index in [1.165, 1.54) is 4.31 Å². The molecule has 0 aromatic heterocycles. The monoisotopic (exact) mass is 324 g/mol. The fourth-order valence-corrected chi connectivity index (χ4v) is 5.27. The van der Waals surface area contributed by atoms with Gasteiger partial charge in [0, 0.05) is 19.1 Å². The van der Waals surface area contributed by atoms with Crippen molar-refractivity contribution in [1.29, 1.82) is 0 Å². The van der Waals surface area contributed by atoms with E-state index in [1.54, 1.807) is 0 Å². The van der Waals surface area contributed by atoms with Gasteiger partial charge in [0.25, 0.3) is 0 Å². The van der Waals surface area contributed by atoms with E-state index >= 15 is 0 Å². The first-order valence-corrected chi connectivity index (χ1v) is 10.3. The summed E-state index contributed by atoms with van der Waals surface area (Å²) in [6, 6.07) is -0.332. The SMILES string of the molecule is CS(=O)(=O)N1CCCC(C(=O)NC2CCS(=O)(=O)C2)C1. The average Bonchev–Trinajstić information content (AvgIpc) is 2.68. The number of hydrogen-bond donors (Lipinski definition) is 1. The van der Waals surface area contributed by atoms with Gasteiger partial charge in [-0.2, -0.15) is 0 Å². The van der Waals surface area contributed by atoms with Crippen molar-refractivity contribution in [3.05, 3.63) is 0 Å². The molecule has 0 aliphatic carbocycles. The first-order chi connectivity index (χ1) is 9.17. The number of rotatable bonds is 3. The van der Waals surface area contributed by atoms with Crippen LogP contribution in [0.3, 0.4) is 0 Å². The Kier molecular flexibility index (Phi) is 4.41.